The van der Waals surface area contributed by atoms with Crippen LogP contribution in [-0.2, 0) is 12.8 Å². The van der Waals surface area contributed by atoms with Crippen molar-refractivity contribution in [2.45, 2.75) is 39.2 Å². The van der Waals surface area contributed by atoms with E-state index in [0.29, 0.717) is 37.8 Å². The van der Waals surface area contributed by atoms with Crippen LogP contribution in [0.15, 0.2) is 24.7 Å². The van der Waals surface area contributed by atoms with Crippen LogP contribution in [0.2, 0.25) is 0 Å². The molecule has 1 aliphatic rings. The third-order valence-electron chi connectivity index (χ3n) is 6.42. The molecule has 1 aliphatic heterocycles. The maximum atomic E-state index is 16.3. The maximum Gasteiger partial charge on any atom is 0.417 e. The highest BCUT2D eigenvalue weighted by Crippen LogP contribution is 2.44. The number of halogens is 5. The Balaban J connectivity index is 1.77. The number of ether oxygens (including phenoxy) is 2. The molecule has 1 atom stereocenters. The van der Waals surface area contributed by atoms with Crippen LogP contribution in [0.1, 0.15) is 30.2 Å². The first-order chi connectivity index (χ1) is 19.5. The number of anilines is 2. The molecule has 5 rings (SSSR count). The summed E-state index contributed by atoms with van der Waals surface area (Å²) in [5.41, 5.74) is 1.43. The van der Waals surface area contributed by atoms with Crippen LogP contribution in [0.3, 0.4) is 0 Å². The Bertz CT molecular complexity index is 1590. The van der Waals surface area contributed by atoms with Crippen molar-refractivity contribution in [1.29, 1.82) is 0 Å². The SMILES string of the molecule is Cc1c(F)c(N)cc(-c2nc3c4c(nc(OCc5ccncn5)nc4c2F)NCCNCCC(C)O3)c1C(F)(F)F. The normalized spacial score (nSPS) is 16.0. The Hall–Kier alpha value is -4.40. The minimum atomic E-state index is -5.06. The van der Waals surface area contributed by atoms with Gasteiger partial charge in [0.25, 0.3) is 0 Å². The first-order valence-corrected chi connectivity index (χ1v) is 12.6. The predicted octanol–water partition coefficient (Wildman–Crippen LogP) is 4.42. The average molecular weight is 577 g/mol. The molecule has 15 heteroatoms. The zero-order valence-electron chi connectivity index (χ0n) is 21.9. The summed E-state index contributed by atoms with van der Waals surface area (Å²) >= 11 is 0. The topological polar surface area (TPSA) is 133 Å². The van der Waals surface area contributed by atoms with Crippen LogP contribution in [0.25, 0.3) is 22.2 Å². The monoisotopic (exact) mass is 576 g/mol. The molecule has 4 aromatic rings. The minimum absolute atomic E-state index is 0.00903. The molecule has 4 heterocycles. The smallest absolute Gasteiger partial charge is 0.417 e. The first-order valence-electron chi connectivity index (χ1n) is 12.6. The Morgan fingerprint density at radius 2 is 1.93 bits per heavy atom. The summed E-state index contributed by atoms with van der Waals surface area (Å²) in [5.74, 6) is -2.58. The van der Waals surface area contributed by atoms with Gasteiger partial charge in [0.05, 0.1) is 23.0 Å². The lowest BCUT2D eigenvalue weighted by Gasteiger charge is -2.21. The molecule has 0 radical (unpaired) electrons. The number of benzene rings is 1. The number of hydrogen-bond acceptors (Lipinski definition) is 10. The first kappa shape index (κ1) is 28.1. The van der Waals surface area contributed by atoms with Gasteiger partial charge in [0, 0.05) is 24.8 Å². The van der Waals surface area contributed by atoms with Gasteiger partial charge >= 0.3 is 12.2 Å². The molecule has 216 valence electrons. The summed E-state index contributed by atoms with van der Waals surface area (Å²) < 4.78 is 85.1. The van der Waals surface area contributed by atoms with E-state index in [4.69, 9.17) is 15.2 Å². The van der Waals surface area contributed by atoms with Gasteiger partial charge in [-0.2, -0.15) is 23.1 Å². The maximum absolute atomic E-state index is 16.3. The summed E-state index contributed by atoms with van der Waals surface area (Å²) in [7, 11) is 0. The van der Waals surface area contributed by atoms with Crippen LogP contribution < -0.4 is 25.8 Å². The Morgan fingerprint density at radius 1 is 1.12 bits per heavy atom. The number of rotatable bonds is 4. The van der Waals surface area contributed by atoms with E-state index in [9.17, 15) is 17.6 Å². The van der Waals surface area contributed by atoms with E-state index in [1.807, 2.05) is 0 Å². The van der Waals surface area contributed by atoms with Gasteiger partial charge in [0.1, 0.15) is 41.2 Å². The van der Waals surface area contributed by atoms with Crippen molar-refractivity contribution in [3.8, 4) is 23.1 Å². The Morgan fingerprint density at radius 3 is 2.66 bits per heavy atom. The second-order valence-corrected chi connectivity index (χ2v) is 9.37. The minimum Gasteiger partial charge on any atom is -0.474 e. The number of hydrogen-bond donors (Lipinski definition) is 3. The van der Waals surface area contributed by atoms with E-state index in [2.05, 4.69) is 35.6 Å². The standard InChI is InChI=1S/C26H25F5N8O2/c1-12-3-5-33-7-8-35-23-17-22(38-25(39-23)40-10-14-4-6-34-11-36-14)20(28)21(37-24(17)41-12)15-9-16(32)19(27)13(2)18(15)26(29,30)31/h4,6,9,11-12,33H,3,5,7-8,10,32H2,1-2H3,(H,35,38,39). The lowest BCUT2D eigenvalue weighted by molar-refractivity contribution is -0.137. The second kappa shape index (κ2) is 11.2. The van der Waals surface area contributed by atoms with Crippen molar-refractivity contribution >= 4 is 22.4 Å². The van der Waals surface area contributed by atoms with Crippen molar-refractivity contribution < 1.29 is 31.4 Å². The van der Waals surface area contributed by atoms with Gasteiger partial charge in [-0.3, -0.25) is 0 Å². The van der Waals surface area contributed by atoms with Crippen molar-refractivity contribution in [2.75, 3.05) is 30.7 Å². The second-order valence-electron chi connectivity index (χ2n) is 9.37. The molecule has 1 unspecified atom stereocenters. The summed E-state index contributed by atoms with van der Waals surface area (Å²) in [6.45, 7) is 4.02. The Labute approximate surface area is 230 Å². The van der Waals surface area contributed by atoms with Gasteiger partial charge in [-0.05, 0) is 44.5 Å². The van der Waals surface area contributed by atoms with Crippen LogP contribution >= 0.6 is 0 Å². The van der Waals surface area contributed by atoms with Crippen LogP contribution in [0.4, 0.5) is 33.5 Å². The molecular formula is C26H25F5N8O2. The van der Waals surface area contributed by atoms with Crippen LogP contribution in [0.5, 0.6) is 11.9 Å². The summed E-state index contributed by atoms with van der Waals surface area (Å²) in [6.07, 6.45) is -2.19. The number of aromatic nitrogens is 5. The summed E-state index contributed by atoms with van der Waals surface area (Å²) in [6, 6.07) is 2.03. The van der Waals surface area contributed by atoms with Gasteiger partial charge < -0.3 is 25.8 Å². The number of nitrogens with one attached hydrogen (secondary N) is 2. The van der Waals surface area contributed by atoms with Crippen LogP contribution in [-0.4, -0.2) is 50.7 Å². The number of alkyl halides is 3. The molecule has 0 bridgehead atoms. The summed E-state index contributed by atoms with van der Waals surface area (Å²) in [5, 5.41) is 6.30. The molecule has 0 amide bonds. The van der Waals surface area contributed by atoms with E-state index < -0.39 is 57.5 Å². The van der Waals surface area contributed by atoms with Crippen molar-refractivity contribution in [2.24, 2.45) is 0 Å². The molecule has 1 aromatic carbocycles. The molecule has 3 aromatic heterocycles. The third-order valence-corrected chi connectivity index (χ3v) is 6.42. The molecule has 0 saturated carbocycles. The fraction of sp³-hybridized carbons (Fsp3) is 0.346. The number of nitrogens with two attached hydrogens (primary N) is 1. The third kappa shape index (κ3) is 5.75. The molecule has 0 saturated heterocycles. The molecule has 0 fully saturated rings. The zero-order valence-corrected chi connectivity index (χ0v) is 21.9. The van der Waals surface area contributed by atoms with Gasteiger partial charge in [-0.25, -0.2) is 23.7 Å². The van der Waals surface area contributed by atoms with E-state index >= 15 is 4.39 Å². The Kier molecular flexibility index (Phi) is 7.71. The fourth-order valence-electron chi connectivity index (χ4n) is 4.44. The molecule has 0 spiro atoms. The van der Waals surface area contributed by atoms with E-state index in [1.54, 1.807) is 13.0 Å². The quantitative estimate of drug-likeness (QED) is 0.237. The van der Waals surface area contributed by atoms with Gasteiger partial charge in [-0.1, -0.05) is 0 Å². The molecule has 10 nitrogen and oxygen atoms in total. The van der Waals surface area contributed by atoms with Gasteiger partial charge in [0.15, 0.2) is 5.82 Å². The van der Waals surface area contributed by atoms with Gasteiger partial charge in [-0.15, -0.1) is 0 Å². The van der Waals surface area contributed by atoms with Crippen LogP contribution in [0, 0.1) is 18.6 Å². The van der Waals surface area contributed by atoms with E-state index in [0.717, 1.165) is 6.92 Å². The molecular weight excluding hydrogens is 551 g/mol. The molecule has 41 heavy (non-hydrogen) atoms. The fourth-order valence-corrected chi connectivity index (χ4v) is 4.44. The van der Waals surface area contributed by atoms with Crippen molar-refractivity contribution in [1.82, 2.24) is 30.2 Å². The highest BCUT2D eigenvalue weighted by molar-refractivity contribution is 5.96. The largest absolute Gasteiger partial charge is 0.474 e. The van der Waals surface area contributed by atoms with Crippen molar-refractivity contribution in [3.63, 3.8) is 0 Å². The van der Waals surface area contributed by atoms with E-state index in [-0.39, 0.29) is 29.7 Å². The predicted molar refractivity (Wildman–Crippen MR) is 139 cm³/mol. The zero-order chi connectivity index (χ0) is 29.3. The lowest BCUT2D eigenvalue weighted by atomic mass is 9.96. The molecule has 4 N–H and O–H groups in total. The highest BCUT2D eigenvalue weighted by atomic mass is 19.4. The van der Waals surface area contributed by atoms with E-state index in [1.165, 1.54) is 12.5 Å². The lowest BCUT2D eigenvalue weighted by Crippen LogP contribution is -2.26. The average Bonchev–Trinajstić information content (AvgIpc) is 2.96. The van der Waals surface area contributed by atoms with Crippen molar-refractivity contribution in [3.05, 3.63) is 53.1 Å². The number of nitrogen functional groups attached to an aromatic ring is 1. The number of pyridine rings is 1. The number of nitrogens with zero attached hydrogens (tertiary/aromatic N) is 5. The highest BCUT2D eigenvalue weighted by Gasteiger charge is 2.39. The summed E-state index contributed by atoms with van der Waals surface area (Å²) in [4.78, 5) is 20.6. The molecule has 0 aliphatic carbocycles. The van der Waals surface area contributed by atoms with Gasteiger partial charge in [0.2, 0.25) is 5.88 Å².